The summed E-state index contributed by atoms with van der Waals surface area (Å²) < 4.78 is 0. The Hall–Kier alpha value is -0.710. The van der Waals surface area contributed by atoms with E-state index in [0.717, 1.165) is 4.90 Å². The van der Waals surface area contributed by atoms with Gasteiger partial charge in [0.1, 0.15) is 5.54 Å². The second kappa shape index (κ2) is 6.28. The van der Waals surface area contributed by atoms with Gasteiger partial charge in [-0.2, -0.15) is 0 Å². The van der Waals surface area contributed by atoms with Gasteiger partial charge >= 0.3 is 5.97 Å². The van der Waals surface area contributed by atoms with Crippen LogP contribution >= 0.6 is 23.4 Å². The molecule has 0 saturated carbocycles. The minimum absolute atomic E-state index is 0.430. The first-order valence-electron chi connectivity index (χ1n) is 5.35. The summed E-state index contributed by atoms with van der Waals surface area (Å²) in [4.78, 5) is 12.1. The summed E-state index contributed by atoms with van der Waals surface area (Å²) >= 11 is 7.47. The lowest BCUT2D eigenvalue weighted by atomic mass is 10.1. The molecule has 1 aromatic rings. The third kappa shape index (κ3) is 3.91. The van der Waals surface area contributed by atoms with E-state index in [1.165, 1.54) is 11.8 Å². The molecule has 0 saturated heterocycles. The Morgan fingerprint density at radius 3 is 2.71 bits per heavy atom. The Kier molecular flexibility index (Phi) is 5.31. The van der Waals surface area contributed by atoms with Crippen molar-refractivity contribution in [2.45, 2.75) is 24.3 Å². The number of halogens is 1. The summed E-state index contributed by atoms with van der Waals surface area (Å²) in [6.45, 7) is 4.19. The minimum atomic E-state index is -0.932. The SMILES string of the molecule is CCNC(C)(CSc1ccccc1Cl)C(=O)O. The van der Waals surface area contributed by atoms with E-state index in [-0.39, 0.29) is 0 Å². The molecule has 1 atom stereocenters. The molecule has 17 heavy (non-hydrogen) atoms. The number of aliphatic carboxylic acids is 1. The fourth-order valence-electron chi connectivity index (χ4n) is 1.36. The van der Waals surface area contributed by atoms with Gasteiger partial charge in [-0.15, -0.1) is 11.8 Å². The normalized spacial score (nSPS) is 14.3. The van der Waals surface area contributed by atoms with Crippen molar-refractivity contribution in [1.82, 2.24) is 5.32 Å². The molecule has 0 fully saturated rings. The van der Waals surface area contributed by atoms with Crippen molar-refractivity contribution in [3.8, 4) is 0 Å². The zero-order chi connectivity index (χ0) is 12.9. The fourth-order valence-corrected chi connectivity index (χ4v) is 2.71. The number of rotatable bonds is 6. The maximum atomic E-state index is 11.2. The molecular formula is C12H16ClNO2S. The Bertz CT molecular complexity index is 400. The van der Waals surface area contributed by atoms with E-state index in [9.17, 15) is 9.90 Å². The van der Waals surface area contributed by atoms with E-state index in [1.54, 1.807) is 13.0 Å². The lowest BCUT2D eigenvalue weighted by molar-refractivity contribution is -0.143. The van der Waals surface area contributed by atoms with E-state index in [0.29, 0.717) is 17.3 Å². The smallest absolute Gasteiger partial charge is 0.324 e. The molecule has 94 valence electrons. The van der Waals surface area contributed by atoms with Crippen molar-refractivity contribution in [1.29, 1.82) is 0 Å². The van der Waals surface area contributed by atoms with Crippen LogP contribution in [0.5, 0.6) is 0 Å². The Balaban J connectivity index is 2.71. The van der Waals surface area contributed by atoms with Crippen molar-refractivity contribution in [3.05, 3.63) is 29.3 Å². The summed E-state index contributed by atoms with van der Waals surface area (Å²) in [5.74, 6) is -0.418. The highest BCUT2D eigenvalue weighted by molar-refractivity contribution is 7.99. The number of likely N-dealkylation sites (N-methyl/N-ethyl adjacent to an activating group) is 1. The average Bonchev–Trinajstić information content (AvgIpc) is 2.28. The average molecular weight is 274 g/mol. The fraction of sp³-hybridized carbons (Fsp3) is 0.417. The molecule has 0 aromatic heterocycles. The van der Waals surface area contributed by atoms with Gasteiger partial charge in [0.2, 0.25) is 0 Å². The van der Waals surface area contributed by atoms with Crippen molar-refractivity contribution in [3.63, 3.8) is 0 Å². The molecule has 0 spiro atoms. The molecule has 0 aliphatic heterocycles. The number of thioether (sulfide) groups is 1. The zero-order valence-corrected chi connectivity index (χ0v) is 11.4. The molecule has 1 aromatic carbocycles. The monoisotopic (exact) mass is 273 g/mol. The first-order chi connectivity index (χ1) is 7.99. The van der Waals surface area contributed by atoms with Crippen LogP contribution in [0.25, 0.3) is 0 Å². The summed E-state index contributed by atoms with van der Waals surface area (Å²) in [7, 11) is 0. The van der Waals surface area contributed by atoms with E-state index >= 15 is 0 Å². The number of carboxylic acid groups (broad SMARTS) is 1. The van der Waals surface area contributed by atoms with Crippen molar-refractivity contribution >= 4 is 29.3 Å². The van der Waals surface area contributed by atoms with Crippen LogP contribution < -0.4 is 5.32 Å². The number of carbonyl (C=O) groups is 1. The van der Waals surface area contributed by atoms with Gasteiger partial charge in [0.25, 0.3) is 0 Å². The van der Waals surface area contributed by atoms with Crippen LogP contribution in [0.4, 0.5) is 0 Å². The predicted octanol–water partition coefficient (Wildman–Crippen LogP) is 2.88. The topological polar surface area (TPSA) is 49.3 Å². The highest BCUT2D eigenvalue weighted by atomic mass is 35.5. The molecule has 1 unspecified atom stereocenters. The van der Waals surface area contributed by atoms with Gasteiger partial charge in [0.15, 0.2) is 0 Å². The number of hydrogen-bond acceptors (Lipinski definition) is 3. The van der Waals surface area contributed by atoms with E-state index in [2.05, 4.69) is 5.32 Å². The largest absolute Gasteiger partial charge is 0.480 e. The summed E-state index contributed by atoms with van der Waals surface area (Å²) in [6.07, 6.45) is 0. The number of benzene rings is 1. The first kappa shape index (κ1) is 14.4. The summed E-state index contributed by atoms with van der Waals surface area (Å²) in [5.41, 5.74) is -0.932. The Morgan fingerprint density at radius 2 is 2.18 bits per heavy atom. The van der Waals surface area contributed by atoms with E-state index < -0.39 is 11.5 Å². The molecule has 2 N–H and O–H groups in total. The number of nitrogens with one attached hydrogen (secondary N) is 1. The molecule has 0 radical (unpaired) electrons. The first-order valence-corrected chi connectivity index (χ1v) is 6.71. The Labute approximate surface area is 111 Å². The molecule has 0 aliphatic rings. The molecule has 0 amide bonds. The van der Waals surface area contributed by atoms with Crippen LogP contribution in [-0.2, 0) is 4.79 Å². The maximum Gasteiger partial charge on any atom is 0.324 e. The van der Waals surface area contributed by atoms with Crippen molar-refractivity contribution in [2.24, 2.45) is 0 Å². The van der Waals surface area contributed by atoms with Crippen LogP contribution in [0.15, 0.2) is 29.2 Å². The number of hydrogen-bond donors (Lipinski definition) is 2. The maximum absolute atomic E-state index is 11.2. The van der Waals surface area contributed by atoms with Gasteiger partial charge in [-0.25, -0.2) is 0 Å². The molecule has 1 rings (SSSR count). The number of carboxylic acids is 1. The highest BCUT2D eigenvalue weighted by Gasteiger charge is 2.32. The second-order valence-corrected chi connectivity index (χ2v) is 5.31. The third-order valence-corrected chi connectivity index (χ3v) is 4.22. The lowest BCUT2D eigenvalue weighted by Gasteiger charge is -2.25. The van der Waals surface area contributed by atoms with Gasteiger partial charge in [0, 0.05) is 10.6 Å². The molecule has 5 heteroatoms. The zero-order valence-electron chi connectivity index (χ0n) is 9.87. The summed E-state index contributed by atoms with van der Waals surface area (Å²) in [5, 5.41) is 12.8. The van der Waals surface area contributed by atoms with Crippen LogP contribution in [0.2, 0.25) is 5.02 Å². The van der Waals surface area contributed by atoms with Gasteiger partial charge in [-0.1, -0.05) is 30.7 Å². The van der Waals surface area contributed by atoms with E-state index in [4.69, 9.17) is 11.6 Å². The van der Waals surface area contributed by atoms with Crippen LogP contribution in [0.1, 0.15) is 13.8 Å². The van der Waals surface area contributed by atoms with Gasteiger partial charge in [-0.3, -0.25) is 4.79 Å². The second-order valence-electron chi connectivity index (χ2n) is 3.89. The molecule has 3 nitrogen and oxygen atoms in total. The van der Waals surface area contributed by atoms with Crippen LogP contribution in [-0.4, -0.2) is 28.9 Å². The predicted molar refractivity (Wildman–Crippen MR) is 71.9 cm³/mol. The lowest BCUT2D eigenvalue weighted by Crippen LogP contribution is -2.51. The van der Waals surface area contributed by atoms with Crippen molar-refractivity contribution in [2.75, 3.05) is 12.3 Å². The third-order valence-electron chi connectivity index (χ3n) is 2.39. The van der Waals surface area contributed by atoms with E-state index in [1.807, 2.05) is 25.1 Å². The van der Waals surface area contributed by atoms with Gasteiger partial charge < -0.3 is 10.4 Å². The van der Waals surface area contributed by atoms with Crippen LogP contribution in [0.3, 0.4) is 0 Å². The standard InChI is InChI=1S/C12H16ClNO2S/c1-3-14-12(2,11(15)16)8-17-10-7-5-4-6-9(10)13/h4-7,14H,3,8H2,1-2H3,(H,15,16). The van der Waals surface area contributed by atoms with Gasteiger partial charge in [0.05, 0.1) is 5.02 Å². The quantitative estimate of drug-likeness (QED) is 0.783. The molecule has 0 aliphatic carbocycles. The summed E-state index contributed by atoms with van der Waals surface area (Å²) in [6, 6.07) is 7.43. The molecule has 0 heterocycles. The van der Waals surface area contributed by atoms with Crippen molar-refractivity contribution < 1.29 is 9.90 Å². The highest BCUT2D eigenvalue weighted by Crippen LogP contribution is 2.29. The molecule has 0 bridgehead atoms. The molecular weight excluding hydrogens is 258 g/mol. The van der Waals surface area contributed by atoms with Crippen LogP contribution in [0, 0.1) is 0 Å². The minimum Gasteiger partial charge on any atom is -0.480 e. The van der Waals surface area contributed by atoms with Gasteiger partial charge in [-0.05, 0) is 25.6 Å². The Morgan fingerprint density at radius 1 is 1.53 bits per heavy atom.